The van der Waals surface area contributed by atoms with Crippen LogP contribution in [0.4, 0.5) is 0 Å². The second kappa shape index (κ2) is 4.40. The highest BCUT2D eigenvalue weighted by atomic mass is 32.1. The Kier molecular flexibility index (Phi) is 2.96. The molecule has 0 saturated carbocycles. The molecule has 0 saturated heterocycles. The van der Waals surface area contributed by atoms with Crippen molar-refractivity contribution >= 4 is 11.3 Å². The predicted octanol–water partition coefficient (Wildman–Crippen LogP) is 2.53. The van der Waals surface area contributed by atoms with Crippen LogP contribution in [0.15, 0.2) is 23.7 Å². The minimum Gasteiger partial charge on any atom is -0.502 e. The van der Waals surface area contributed by atoms with Gasteiger partial charge in [0.15, 0.2) is 11.5 Å². The molecule has 0 aliphatic heterocycles. The van der Waals surface area contributed by atoms with Crippen LogP contribution < -0.4 is 9.47 Å². The lowest BCUT2D eigenvalue weighted by Crippen LogP contribution is -1.91. The second-order valence-electron chi connectivity index (χ2n) is 3.03. The lowest BCUT2D eigenvalue weighted by atomic mass is 10.2. The van der Waals surface area contributed by atoms with E-state index in [0.717, 1.165) is 10.6 Å². The van der Waals surface area contributed by atoms with Crippen LogP contribution in [0, 0.1) is 0 Å². The van der Waals surface area contributed by atoms with Gasteiger partial charge >= 0.3 is 0 Å². The van der Waals surface area contributed by atoms with Crippen LogP contribution in [0.2, 0.25) is 0 Å². The Morgan fingerprint density at radius 2 is 2.06 bits per heavy atom. The quantitative estimate of drug-likeness (QED) is 0.891. The number of methoxy groups -OCH3 is 2. The van der Waals surface area contributed by atoms with E-state index in [0.29, 0.717) is 11.5 Å². The summed E-state index contributed by atoms with van der Waals surface area (Å²) >= 11 is 1.48. The van der Waals surface area contributed by atoms with Gasteiger partial charge in [-0.15, -0.1) is 11.3 Å². The van der Waals surface area contributed by atoms with Gasteiger partial charge in [0.2, 0.25) is 5.75 Å². The Morgan fingerprint density at radius 3 is 2.62 bits per heavy atom. The predicted molar refractivity (Wildman–Crippen MR) is 62.3 cm³/mol. The molecule has 0 amide bonds. The number of thiazole rings is 1. The van der Waals surface area contributed by atoms with Crippen LogP contribution in [0.3, 0.4) is 0 Å². The van der Waals surface area contributed by atoms with Crippen molar-refractivity contribution in [2.45, 2.75) is 0 Å². The Labute approximate surface area is 97.1 Å². The SMILES string of the molecule is COc1ccc(-c2nccs2)c(OC)c1O. The molecule has 0 bridgehead atoms. The molecular formula is C11H11NO3S. The van der Waals surface area contributed by atoms with Gasteiger partial charge in [0.25, 0.3) is 0 Å². The highest BCUT2D eigenvalue weighted by molar-refractivity contribution is 7.13. The molecule has 16 heavy (non-hydrogen) atoms. The summed E-state index contributed by atoms with van der Waals surface area (Å²) in [7, 11) is 3.00. The Hall–Kier alpha value is -1.75. The number of rotatable bonds is 3. The molecule has 1 heterocycles. The van der Waals surface area contributed by atoms with Gasteiger partial charge in [-0.1, -0.05) is 0 Å². The minimum atomic E-state index is -0.00213. The number of hydrogen-bond acceptors (Lipinski definition) is 5. The molecule has 1 aromatic heterocycles. The third-order valence-corrected chi connectivity index (χ3v) is 2.99. The van der Waals surface area contributed by atoms with Crippen molar-refractivity contribution in [3.63, 3.8) is 0 Å². The van der Waals surface area contributed by atoms with Gasteiger partial charge in [-0.2, -0.15) is 0 Å². The Bertz CT molecular complexity index is 482. The molecule has 0 radical (unpaired) electrons. The third-order valence-electron chi connectivity index (χ3n) is 2.18. The van der Waals surface area contributed by atoms with E-state index in [1.807, 2.05) is 11.4 Å². The van der Waals surface area contributed by atoms with Crippen LogP contribution >= 0.6 is 11.3 Å². The van der Waals surface area contributed by atoms with E-state index in [9.17, 15) is 5.11 Å². The largest absolute Gasteiger partial charge is 0.502 e. The molecule has 2 aromatic rings. The van der Waals surface area contributed by atoms with E-state index >= 15 is 0 Å². The first kappa shape index (κ1) is 10.8. The summed E-state index contributed by atoms with van der Waals surface area (Å²) in [5.74, 6) is 0.768. The molecule has 0 aliphatic carbocycles. The highest BCUT2D eigenvalue weighted by Gasteiger charge is 2.16. The molecule has 4 nitrogen and oxygen atoms in total. The van der Waals surface area contributed by atoms with Crippen LogP contribution in [0.25, 0.3) is 10.6 Å². The highest BCUT2D eigenvalue weighted by Crippen LogP contribution is 2.43. The number of phenolic OH excluding ortho intramolecular Hbond substituents is 1. The molecule has 1 aromatic carbocycles. The van der Waals surface area contributed by atoms with Crippen LogP contribution in [-0.4, -0.2) is 24.3 Å². The van der Waals surface area contributed by atoms with E-state index < -0.39 is 0 Å². The zero-order valence-corrected chi connectivity index (χ0v) is 9.75. The average molecular weight is 237 g/mol. The average Bonchev–Trinajstić information content (AvgIpc) is 2.82. The molecule has 2 rings (SSSR count). The summed E-state index contributed by atoms with van der Waals surface area (Å²) in [6, 6.07) is 3.50. The Morgan fingerprint density at radius 1 is 1.25 bits per heavy atom. The first-order chi connectivity index (χ1) is 7.77. The second-order valence-corrected chi connectivity index (χ2v) is 3.93. The van der Waals surface area contributed by atoms with Gasteiger partial charge in [0.1, 0.15) is 5.01 Å². The minimum absolute atomic E-state index is 0.00213. The van der Waals surface area contributed by atoms with Crippen LogP contribution in [0.5, 0.6) is 17.2 Å². The van der Waals surface area contributed by atoms with Crippen molar-refractivity contribution in [3.05, 3.63) is 23.7 Å². The van der Waals surface area contributed by atoms with Gasteiger partial charge in [0, 0.05) is 11.6 Å². The third kappa shape index (κ3) is 1.69. The molecule has 0 aliphatic rings. The fraction of sp³-hybridized carbons (Fsp3) is 0.182. The van der Waals surface area contributed by atoms with Crippen molar-refractivity contribution in [2.75, 3.05) is 14.2 Å². The number of nitrogens with zero attached hydrogens (tertiary/aromatic N) is 1. The standard InChI is InChI=1S/C11H11NO3S/c1-14-8-4-3-7(10(15-2)9(8)13)11-12-5-6-16-11/h3-6,13H,1-2H3. The van der Waals surface area contributed by atoms with Crippen LogP contribution in [-0.2, 0) is 0 Å². The summed E-state index contributed by atoms with van der Waals surface area (Å²) in [4.78, 5) is 4.18. The van der Waals surface area contributed by atoms with E-state index in [-0.39, 0.29) is 5.75 Å². The first-order valence-corrected chi connectivity index (χ1v) is 5.49. The number of aromatic nitrogens is 1. The number of phenols is 1. The maximum Gasteiger partial charge on any atom is 0.201 e. The molecule has 1 N–H and O–H groups in total. The maximum absolute atomic E-state index is 9.90. The molecule has 0 spiro atoms. The van der Waals surface area contributed by atoms with Gasteiger partial charge in [-0.3, -0.25) is 0 Å². The smallest absolute Gasteiger partial charge is 0.201 e. The fourth-order valence-electron chi connectivity index (χ4n) is 1.45. The van der Waals surface area contributed by atoms with Gasteiger partial charge in [-0.05, 0) is 12.1 Å². The summed E-state index contributed by atoms with van der Waals surface area (Å²) in [6.07, 6.45) is 1.71. The van der Waals surface area contributed by atoms with Crippen molar-refractivity contribution in [1.82, 2.24) is 4.98 Å². The Balaban J connectivity index is 2.59. The van der Waals surface area contributed by atoms with Gasteiger partial charge in [-0.25, -0.2) is 4.98 Å². The molecular weight excluding hydrogens is 226 g/mol. The van der Waals surface area contributed by atoms with Crippen molar-refractivity contribution in [1.29, 1.82) is 0 Å². The summed E-state index contributed by atoms with van der Waals surface area (Å²) < 4.78 is 10.2. The monoisotopic (exact) mass is 237 g/mol. The molecule has 0 atom stereocenters. The zero-order chi connectivity index (χ0) is 11.5. The topological polar surface area (TPSA) is 51.6 Å². The molecule has 0 unspecified atom stereocenters. The van der Waals surface area contributed by atoms with E-state index in [2.05, 4.69) is 4.98 Å². The maximum atomic E-state index is 9.90. The van der Waals surface area contributed by atoms with E-state index in [4.69, 9.17) is 9.47 Å². The summed E-state index contributed by atoms with van der Waals surface area (Å²) in [5, 5.41) is 12.6. The normalized spacial score (nSPS) is 10.1. The van der Waals surface area contributed by atoms with Crippen LogP contribution in [0.1, 0.15) is 0 Å². The summed E-state index contributed by atoms with van der Waals surface area (Å²) in [6.45, 7) is 0. The molecule has 0 fully saturated rings. The number of hydrogen-bond donors (Lipinski definition) is 1. The lowest BCUT2D eigenvalue weighted by Gasteiger charge is -2.11. The van der Waals surface area contributed by atoms with E-state index in [1.165, 1.54) is 25.6 Å². The molecule has 5 heteroatoms. The van der Waals surface area contributed by atoms with Crippen molar-refractivity contribution in [2.24, 2.45) is 0 Å². The lowest BCUT2D eigenvalue weighted by molar-refractivity contribution is 0.341. The zero-order valence-electron chi connectivity index (χ0n) is 8.93. The van der Waals surface area contributed by atoms with Gasteiger partial charge in [0.05, 0.1) is 19.8 Å². The number of aromatic hydroxyl groups is 1. The van der Waals surface area contributed by atoms with Crippen molar-refractivity contribution < 1.29 is 14.6 Å². The molecule has 84 valence electrons. The fourth-order valence-corrected chi connectivity index (χ4v) is 2.11. The number of ether oxygens (including phenoxy) is 2. The van der Waals surface area contributed by atoms with Crippen molar-refractivity contribution in [3.8, 4) is 27.8 Å². The summed E-state index contributed by atoms with van der Waals surface area (Å²) in [5.41, 5.74) is 0.760. The first-order valence-electron chi connectivity index (χ1n) is 4.61. The van der Waals surface area contributed by atoms with Gasteiger partial charge < -0.3 is 14.6 Å². The van der Waals surface area contributed by atoms with E-state index in [1.54, 1.807) is 12.3 Å². The number of benzene rings is 1.